The van der Waals surface area contributed by atoms with Crippen LogP contribution in [0.15, 0.2) is 23.0 Å². The fourth-order valence-corrected chi connectivity index (χ4v) is 3.25. The van der Waals surface area contributed by atoms with E-state index in [1.54, 1.807) is 13.0 Å². The van der Waals surface area contributed by atoms with Gasteiger partial charge < -0.3 is 11.5 Å². The molecule has 1 aliphatic rings. The van der Waals surface area contributed by atoms with Gasteiger partial charge in [-0.05, 0) is 31.8 Å². The molecule has 0 aromatic carbocycles. The molecule has 0 saturated heterocycles. The van der Waals surface area contributed by atoms with E-state index < -0.39 is 0 Å². The summed E-state index contributed by atoms with van der Waals surface area (Å²) in [5, 5.41) is 0.799. The van der Waals surface area contributed by atoms with Crippen LogP contribution in [0.4, 0.5) is 5.82 Å². The summed E-state index contributed by atoms with van der Waals surface area (Å²) < 4.78 is 0. The second-order valence-corrected chi connectivity index (χ2v) is 7.22. The Morgan fingerprint density at radius 3 is 2.72 bits per heavy atom. The lowest BCUT2D eigenvalue weighted by Gasteiger charge is -2.02. The van der Waals surface area contributed by atoms with E-state index in [-0.39, 0.29) is 22.5 Å². The minimum Gasteiger partial charge on any atom is -0.402 e. The van der Waals surface area contributed by atoms with Crippen LogP contribution < -0.4 is 11.5 Å². The number of aryl methyl sites for hydroxylation is 1. The quantitative estimate of drug-likeness (QED) is 0.470. The Hall–Kier alpha value is -2.32. The molecule has 0 spiro atoms. The van der Waals surface area contributed by atoms with Crippen LogP contribution in [-0.2, 0) is 0 Å². The van der Waals surface area contributed by atoms with Crippen LogP contribution >= 0.6 is 22.9 Å². The normalized spacial score (nSPS) is 15.5. The molecule has 130 valence electrons. The Bertz CT molecular complexity index is 900. The summed E-state index contributed by atoms with van der Waals surface area (Å²) in [6.07, 6.45) is 5.23. The van der Waals surface area contributed by atoms with Gasteiger partial charge in [0.1, 0.15) is 10.9 Å². The Morgan fingerprint density at radius 2 is 2.12 bits per heavy atom. The number of halogens is 1. The molecule has 1 aliphatic carbocycles. The topological polar surface area (TPSA) is 120 Å². The molecule has 3 rings (SSSR count). The van der Waals surface area contributed by atoms with Crippen molar-refractivity contribution in [3.05, 3.63) is 33.6 Å². The average Bonchev–Trinajstić information content (AvgIpc) is 3.32. The van der Waals surface area contributed by atoms with E-state index in [0.717, 1.165) is 12.8 Å². The molecule has 0 amide bonds. The first-order chi connectivity index (χ1) is 11.8. The number of aromatic nitrogens is 3. The zero-order valence-corrected chi connectivity index (χ0v) is 15.4. The zero-order valence-electron chi connectivity index (χ0n) is 13.8. The van der Waals surface area contributed by atoms with Crippen molar-refractivity contribution in [2.45, 2.75) is 26.7 Å². The van der Waals surface area contributed by atoms with Gasteiger partial charge in [-0.3, -0.25) is 4.79 Å². The fraction of sp³-hybridized carbons (Fsp3) is 0.312. The Morgan fingerprint density at radius 1 is 1.40 bits per heavy atom. The summed E-state index contributed by atoms with van der Waals surface area (Å²) in [4.78, 5) is 29.2. The number of nitrogens with two attached hydrogens (primary N) is 2. The van der Waals surface area contributed by atoms with Crippen LogP contribution in [-0.4, -0.2) is 26.6 Å². The van der Waals surface area contributed by atoms with E-state index in [0.29, 0.717) is 33.0 Å². The zero-order chi connectivity index (χ0) is 18.1. The summed E-state index contributed by atoms with van der Waals surface area (Å²) >= 11 is 7.35. The molecule has 0 atom stereocenters. The molecule has 0 unspecified atom stereocenters. The third kappa shape index (κ3) is 4.02. The first-order valence-electron chi connectivity index (χ1n) is 7.67. The van der Waals surface area contributed by atoms with Crippen molar-refractivity contribution in [1.29, 1.82) is 0 Å². The highest BCUT2D eigenvalue weighted by Crippen LogP contribution is 2.34. The number of ketones is 1. The van der Waals surface area contributed by atoms with Crippen molar-refractivity contribution in [3.8, 4) is 10.8 Å². The Kier molecular flexibility index (Phi) is 4.82. The number of carbonyl (C=O) groups excluding carboxylic acids is 1. The van der Waals surface area contributed by atoms with E-state index in [1.165, 1.54) is 24.5 Å². The lowest BCUT2D eigenvalue weighted by atomic mass is 10.3. The van der Waals surface area contributed by atoms with Gasteiger partial charge in [0, 0.05) is 12.6 Å². The highest BCUT2D eigenvalue weighted by atomic mass is 35.5. The number of carbonyl (C=O) groups is 1. The lowest BCUT2D eigenvalue weighted by Crippen LogP contribution is -2.12. The highest BCUT2D eigenvalue weighted by molar-refractivity contribution is 7.17. The number of amidine groups is 1. The summed E-state index contributed by atoms with van der Waals surface area (Å²) in [7, 11) is 0. The molecule has 2 aromatic rings. The largest absolute Gasteiger partial charge is 0.402 e. The van der Waals surface area contributed by atoms with Crippen LogP contribution in [0, 0.1) is 12.8 Å². The Labute approximate surface area is 153 Å². The van der Waals surface area contributed by atoms with Crippen molar-refractivity contribution < 1.29 is 4.79 Å². The molecule has 2 heterocycles. The van der Waals surface area contributed by atoms with Gasteiger partial charge >= 0.3 is 0 Å². The first kappa shape index (κ1) is 17.5. The number of hydrogen-bond acceptors (Lipinski definition) is 7. The summed E-state index contributed by atoms with van der Waals surface area (Å²) in [6.45, 7) is 3.27. The van der Waals surface area contributed by atoms with Crippen LogP contribution in [0.2, 0.25) is 5.02 Å². The Balaban J connectivity index is 1.94. The molecule has 1 saturated carbocycles. The van der Waals surface area contributed by atoms with E-state index in [4.69, 9.17) is 23.1 Å². The third-order valence-electron chi connectivity index (χ3n) is 3.63. The molecule has 9 heteroatoms. The predicted molar refractivity (Wildman–Crippen MR) is 99.2 cm³/mol. The van der Waals surface area contributed by atoms with Crippen LogP contribution in [0.3, 0.4) is 0 Å². The molecular weight excluding hydrogens is 360 g/mol. The molecule has 0 radical (unpaired) electrons. The second-order valence-electron chi connectivity index (χ2n) is 5.81. The van der Waals surface area contributed by atoms with Gasteiger partial charge in [0.15, 0.2) is 22.4 Å². The SMILES string of the molecule is CC(=O)c1sc(-c2ncc(Cl)c(N=C(N)/C=C(\N)C3CC3)n2)nc1C. The van der Waals surface area contributed by atoms with Gasteiger partial charge in [-0.15, -0.1) is 11.3 Å². The van der Waals surface area contributed by atoms with Crippen molar-refractivity contribution in [2.24, 2.45) is 22.4 Å². The first-order valence-corrected chi connectivity index (χ1v) is 8.87. The summed E-state index contributed by atoms with van der Waals surface area (Å²) in [5.41, 5.74) is 13.2. The van der Waals surface area contributed by atoms with Crippen LogP contribution in [0.5, 0.6) is 0 Å². The van der Waals surface area contributed by atoms with Crippen LogP contribution in [0.25, 0.3) is 10.8 Å². The van der Waals surface area contributed by atoms with Crippen molar-refractivity contribution in [1.82, 2.24) is 15.0 Å². The maximum atomic E-state index is 11.6. The molecular formula is C16H17ClN6OS. The number of rotatable bonds is 5. The van der Waals surface area contributed by atoms with Crippen LogP contribution in [0.1, 0.15) is 35.1 Å². The minimum absolute atomic E-state index is 0.0432. The number of thiazole rings is 1. The number of allylic oxidation sites excluding steroid dienone is 1. The van der Waals surface area contributed by atoms with Gasteiger partial charge in [0.2, 0.25) is 0 Å². The highest BCUT2D eigenvalue weighted by Gasteiger charge is 2.24. The fourth-order valence-electron chi connectivity index (χ4n) is 2.22. The molecule has 1 fully saturated rings. The minimum atomic E-state index is -0.0432. The average molecular weight is 377 g/mol. The van der Waals surface area contributed by atoms with Crippen molar-refractivity contribution in [2.75, 3.05) is 0 Å². The standard InChI is InChI=1S/C16H17ClN6OS/c1-7-13(8(2)24)25-16(21-7)15-20-6-10(17)14(23-15)22-12(19)5-11(18)9-3-4-9/h5-6,9H,3-4,18H2,1-2H3,(H2,19,20,22,23)/b11-5-. The molecule has 0 bridgehead atoms. The van der Waals surface area contributed by atoms with Gasteiger partial charge in [0.25, 0.3) is 0 Å². The molecule has 2 aromatic heterocycles. The van der Waals surface area contributed by atoms with Crippen molar-refractivity contribution in [3.63, 3.8) is 0 Å². The van der Waals surface area contributed by atoms with Gasteiger partial charge in [-0.1, -0.05) is 11.6 Å². The molecule has 25 heavy (non-hydrogen) atoms. The maximum absolute atomic E-state index is 11.6. The van der Waals surface area contributed by atoms with Gasteiger partial charge in [-0.25, -0.2) is 19.9 Å². The number of hydrogen-bond donors (Lipinski definition) is 2. The van der Waals surface area contributed by atoms with E-state index in [1.807, 2.05) is 0 Å². The number of nitrogens with zero attached hydrogens (tertiary/aromatic N) is 4. The summed E-state index contributed by atoms with van der Waals surface area (Å²) in [5.74, 6) is 1.17. The lowest BCUT2D eigenvalue weighted by molar-refractivity contribution is 0.102. The molecule has 7 nitrogen and oxygen atoms in total. The molecule has 4 N–H and O–H groups in total. The smallest absolute Gasteiger partial charge is 0.190 e. The van der Waals surface area contributed by atoms with Gasteiger partial charge in [0.05, 0.1) is 16.8 Å². The third-order valence-corrected chi connectivity index (χ3v) is 5.15. The number of aliphatic imine (C=N–C) groups is 1. The van der Waals surface area contributed by atoms with E-state index >= 15 is 0 Å². The van der Waals surface area contributed by atoms with Gasteiger partial charge in [-0.2, -0.15) is 0 Å². The maximum Gasteiger partial charge on any atom is 0.190 e. The number of Topliss-reactive ketones (excluding diaryl/α,β-unsaturated/α-hetero) is 1. The van der Waals surface area contributed by atoms with E-state index in [9.17, 15) is 4.79 Å². The predicted octanol–water partition coefficient (Wildman–Crippen LogP) is 3.01. The second kappa shape index (κ2) is 6.89. The molecule has 0 aliphatic heterocycles. The van der Waals surface area contributed by atoms with E-state index in [2.05, 4.69) is 19.9 Å². The van der Waals surface area contributed by atoms with Crippen molar-refractivity contribution >= 4 is 40.4 Å². The summed E-state index contributed by atoms with van der Waals surface area (Å²) in [6, 6.07) is 0. The monoisotopic (exact) mass is 376 g/mol.